The number of nitrogens with zero attached hydrogens (tertiary/aromatic N) is 4. The summed E-state index contributed by atoms with van der Waals surface area (Å²) in [4.78, 5) is 22.4. The Hall–Kier alpha value is -2.83. The summed E-state index contributed by atoms with van der Waals surface area (Å²) < 4.78 is 7.22. The number of para-hydroxylation sites is 1. The van der Waals surface area contributed by atoms with E-state index in [1.54, 1.807) is 25.0 Å². The molecule has 0 amide bonds. The molecule has 26 heavy (non-hydrogen) atoms. The van der Waals surface area contributed by atoms with Crippen LogP contribution in [0, 0.1) is 5.92 Å². The number of aromatic amines is 1. The fraction of sp³-hybridized carbons (Fsp3) is 0.421. The summed E-state index contributed by atoms with van der Waals surface area (Å²) in [7, 11) is 3.49. The number of anilines is 1. The molecule has 0 saturated carbocycles. The van der Waals surface area contributed by atoms with E-state index in [2.05, 4.69) is 28.0 Å². The molecule has 0 spiro atoms. The van der Waals surface area contributed by atoms with Crippen LogP contribution in [0.5, 0.6) is 5.75 Å². The number of hydrogen-bond donors (Lipinski definition) is 1. The lowest BCUT2D eigenvalue weighted by Crippen LogP contribution is -2.39. The van der Waals surface area contributed by atoms with Gasteiger partial charge in [-0.05, 0) is 24.8 Å². The fourth-order valence-corrected chi connectivity index (χ4v) is 3.81. The summed E-state index contributed by atoms with van der Waals surface area (Å²) in [5.74, 6) is 1.98. The van der Waals surface area contributed by atoms with Crippen LogP contribution in [0.1, 0.15) is 31.4 Å². The molecular weight excluding hydrogens is 330 g/mol. The lowest BCUT2D eigenvalue weighted by Gasteiger charge is -2.39. The second-order valence-electron chi connectivity index (χ2n) is 6.99. The van der Waals surface area contributed by atoms with Crippen molar-refractivity contribution < 1.29 is 4.74 Å². The summed E-state index contributed by atoms with van der Waals surface area (Å²) in [6, 6.07) is 8.17. The van der Waals surface area contributed by atoms with Crippen LogP contribution in [0.3, 0.4) is 0 Å². The monoisotopic (exact) mass is 353 g/mol. The second-order valence-corrected chi connectivity index (χ2v) is 6.99. The number of methoxy groups -OCH3 is 1. The van der Waals surface area contributed by atoms with E-state index in [4.69, 9.17) is 9.72 Å². The highest BCUT2D eigenvalue weighted by molar-refractivity contribution is 5.74. The maximum absolute atomic E-state index is 12.5. The first-order chi connectivity index (χ1) is 12.6. The van der Waals surface area contributed by atoms with Gasteiger partial charge in [-0.2, -0.15) is 10.1 Å². The van der Waals surface area contributed by atoms with Crippen molar-refractivity contribution in [2.75, 3.05) is 18.6 Å². The smallest absolute Gasteiger partial charge is 0.263 e. The van der Waals surface area contributed by atoms with Gasteiger partial charge in [0.15, 0.2) is 5.65 Å². The number of aryl methyl sites for hydroxylation is 1. The zero-order chi connectivity index (χ0) is 18.3. The standard InChI is InChI=1S/C19H23N5O2/c1-12-8-9-15(13-6-4-5-7-16(13)26-3)24(11-12)19-21-17-14(18(25)22-19)10-20-23(17)2/h4-7,10,12,15H,8-9,11H2,1-3H3,(H,21,22,25). The van der Waals surface area contributed by atoms with Crippen molar-refractivity contribution in [1.29, 1.82) is 0 Å². The quantitative estimate of drug-likeness (QED) is 0.783. The molecule has 1 saturated heterocycles. The van der Waals surface area contributed by atoms with Gasteiger partial charge in [-0.15, -0.1) is 0 Å². The SMILES string of the molecule is COc1ccccc1C1CCC(C)CN1c1nc2c(cnn2C)c(=O)[nH]1. The number of aromatic nitrogens is 4. The Balaban J connectivity index is 1.83. The van der Waals surface area contributed by atoms with Crippen molar-refractivity contribution in [3.8, 4) is 5.75 Å². The molecule has 2 aromatic heterocycles. The summed E-state index contributed by atoms with van der Waals surface area (Å²) in [5.41, 5.74) is 1.56. The molecule has 4 rings (SSSR count). The van der Waals surface area contributed by atoms with Crippen LogP contribution in [0.4, 0.5) is 5.95 Å². The third-order valence-corrected chi connectivity index (χ3v) is 5.18. The van der Waals surface area contributed by atoms with Crippen LogP contribution in [-0.4, -0.2) is 33.4 Å². The highest BCUT2D eigenvalue weighted by Crippen LogP contribution is 2.39. The molecule has 1 fully saturated rings. The van der Waals surface area contributed by atoms with Crippen molar-refractivity contribution >= 4 is 17.0 Å². The van der Waals surface area contributed by atoms with Gasteiger partial charge in [-0.1, -0.05) is 25.1 Å². The Bertz CT molecular complexity index is 993. The second kappa shape index (κ2) is 6.48. The van der Waals surface area contributed by atoms with Gasteiger partial charge in [0.1, 0.15) is 11.1 Å². The van der Waals surface area contributed by atoms with Gasteiger partial charge < -0.3 is 9.64 Å². The Kier molecular flexibility index (Phi) is 4.14. The van der Waals surface area contributed by atoms with Gasteiger partial charge in [0, 0.05) is 19.2 Å². The van der Waals surface area contributed by atoms with Crippen molar-refractivity contribution in [1.82, 2.24) is 19.7 Å². The first-order valence-electron chi connectivity index (χ1n) is 8.90. The summed E-state index contributed by atoms with van der Waals surface area (Å²) in [5, 5.41) is 4.67. The topological polar surface area (TPSA) is 76.0 Å². The third kappa shape index (κ3) is 2.73. The number of ether oxygens (including phenoxy) is 1. The minimum absolute atomic E-state index is 0.108. The predicted molar refractivity (Wildman–Crippen MR) is 101 cm³/mol. The molecule has 7 heteroatoms. The molecular formula is C19H23N5O2. The van der Waals surface area contributed by atoms with Crippen LogP contribution < -0.4 is 15.2 Å². The molecule has 7 nitrogen and oxygen atoms in total. The molecule has 2 atom stereocenters. The molecule has 136 valence electrons. The number of benzene rings is 1. The maximum atomic E-state index is 12.5. The Morgan fingerprint density at radius 2 is 2.08 bits per heavy atom. The lowest BCUT2D eigenvalue weighted by molar-refractivity contribution is 0.358. The largest absolute Gasteiger partial charge is 0.496 e. The van der Waals surface area contributed by atoms with E-state index in [0.29, 0.717) is 22.9 Å². The number of fused-ring (bicyclic) bond motifs is 1. The maximum Gasteiger partial charge on any atom is 0.263 e. The molecule has 3 aromatic rings. The molecule has 0 bridgehead atoms. The first kappa shape index (κ1) is 16.6. The van der Waals surface area contributed by atoms with E-state index in [9.17, 15) is 4.79 Å². The summed E-state index contributed by atoms with van der Waals surface area (Å²) in [6.45, 7) is 3.06. The molecule has 1 aliphatic heterocycles. The van der Waals surface area contributed by atoms with Crippen molar-refractivity contribution in [3.05, 3.63) is 46.4 Å². The fourth-order valence-electron chi connectivity index (χ4n) is 3.81. The van der Waals surface area contributed by atoms with Gasteiger partial charge in [0.05, 0.1) is 19.3 Å². The van der Waals surface area contributed by atoms with Crippen molar-refractivity contribution in [2.24, 2.45) is 13.0 Å². The summed E-state index contributed by atoms with van der Waals surface area (Å²) >= 11 is 0. The van der Waals surface area contributed by atoms with Gasteiger partial charge in [0.25, 0.3) is 5.56 Å². The molecule has 0 radical (unpaired) electrons. The van der Waals surface area contributed by atoms with Crippen LogP contribution in [0.15, 0.2) is 35.3 Å². The number of H-pyrrole nitrogens is 1. The molecule has 1 aliphatic rings. The normalized spacial score (nSPS) is 20.5. The van der Waals surface area contributed by atoms with E-state index in [-0.39, 0.29) is 11.6 Å². The zero-order valence-electron chi connectivity index (χ0n) is 15.3. The lowest BCUT2D eigenvalue weighted by atomic mass is 9.90. The van der Waals surface area contributed by atoms with Crippen molar-refractivity contribution in [3.63, 3.8) is 0 Å². The Labute approximate surface area is 151 Å². The van der Waals surface area contributed by atoms with Crippen LogP contribution in [-0.2, 0) is 7.05 Å². The Morgan fingerprint density at radius 3 is 2.88 bits per heavy atom. The van der Waals surface area contributed by atoms with E-state index in [1.807, 2.05) is 18.2 Å². The zero-order valence-corrected chi connectivity index (χ0v) is 15.3. The summed E-state index contributed by atoms with van der Waals surface area (Å²) in [6.07, 6.45) is 3.66. The van der Waals surface area contributed by atoms with Gasteiger partial charge >= 0.3 is 0 Å². The van der Waals surface area contributed by atoms with Crippen LogP contribution >= 0.6 is 0 Å². The number of piperidine rings is 1. The van der Waals surface area contributed by atoms with E-state index >= 15 is 0 Å². The third-order valence-electron chi connectivity index (χ3n) is 5.18. The van der Waals surface area contributed by atoms with Gasteiger partial charge in [-0.3, -0.25) is 14.5 Å². The number of rotatable bonds is 3. The molecule has 2 unspecified atom stereocenters. The van der Waals surface area contributed by atoms with Gasteiger partial charge in [0.2, 0.25) is 5.95 Å². The number of hydrogen-bond acceptors (Lipinski definition) is 5. The van der Waals surface area contributed by atoms with E-state index < -0.39 is 0 Å². The highest BCUT2D eigenvalue weighted by Gasteiger charge is 2.31. The van der Waals surface area contributed by atoms with Crippen LogP contribution in [0.2, 0.25) is 0 Å². The average molecular weight is 353 g/mol. The highest BCUT2D eigenvalue weighted by atomic mass is 16.5. The first-order valence-corrected chi connectivity index (χ1v) is 8.90. The molecule has 3 heterocycles. The van der Waals surface area contributed by atoms with Crippen molar-refractivity contribution in [2.45, 2.75) is 25.8 Å². The molecule has 1 N–H and O–H groups in total. The molecule has 1 aromatic carbocycles. The van der Waals surface area contributed by atoms with E-state index in [1.165, 1.54) is 0 Å². The van der Waals surface area contributed by atoms with Gasteiger partial charge in [-0.25, -0.2) is 0 Å². The van der Waals surface area contributed by atoms with E-state index in [0.717, 1.165) is 30.7 Å². The minimum Gasteiger partial charge on any atom is -0.496 e. The minimum atomic E-state index is -0.157. The predicted octanol–water partition coefficient (Wildman–Crippen LogP) is 2.64. The Morgan fingerprint density at radius 1 is 1.27 bits per heavy atom. The number of nitrogens with one attached hydrogen (secondary N) is 1. The molecule has 0 aliphatic carbocycles. The van der Waals surface area contributed by atoms with Crippen LogP contribution in [0.25, 0.3) is 11.0 Å². The average Bonchev–Trinajstić information content (AvgIpc) is 3.03.